The first-order valence-electron chi connectivity index (χ1n) is 9.76. The normalized spacial score (nSPS) is 16.0. The lowest BCUT2D eigenvalue weighted by Crippen LogP contribution is -2.38. The topological polar surface area (TPSA) is 105 Å². The molecule has 1 aliphatic heterocycles. The highest BCUT2D eigenvalue weighted by atomic mass is 32.2. The minimum Gasteiger partial charge on any atom is -0.376 e. The Morgan fingerprint density at radius 1 is 1.16 bits per heavy atom. The molecular formula is C21H24FN3O5S. The molecule has 0 aliphatic carbocycles. The number of hydrogen-bond donors (Lipinski definition) is 2. The summed E-state index contributed by atoms with van der Waals surface area (Å²) in [6, 6.07) is 11.6. The SMILES string of the molecule is CS(=O)(=O)N(CC(=O)Nc1ccccc1C(=O)NC[C@@H]1CCCO1)c1ccccc1F. The number of hydrogen-bond acceptors (Lipinski definition) is 5. The number of rotatable bonds is 8. The average molecular weight is 450 g/mol. The molecule has 2 N–H and O–H groups in total. The number of halogens is 1. The molecule has 0 saturated carbocycles. The maximum atomic E-state index is 14.1. The van der Waals surface area contributed by atoms with Crippen LogP contribution in [0.1, 0.15) is 23.2 Å². The number of nitrogens with one attached hydrogen (secondary N) is 2. The molecule has 2 amide bonds. The number of carbonyl (C=O) groups is 2. The quantitative estimate of drug-likeness (QED) is 0.643. The summed E-state index contributed by atoms with van der Waals surface area (Å²) in [4.78, 5) is 25.2. The molecule has 0 bridgehead atoms. The van der Waals surface area contributed by atoms with Crippen LogP contribution in [-0.2, 0) is 19.6 Å². The van der Waals surface area contributed by atoms with Crippen molar-refractivity contribution in [2.75, 3.05) is 35.6 Å². The Hall–Kier alpha value is -2.98. The van der Waals surface area contributed by atoms with Crippen molar-refractivity contribution in [3.63, 3.8) is 0 Å². The lowest BCUT2D eigenvalue weighted by Gasteiger charge is -2.22. The summed E-state index contributed by atoms with van der Waals surface area (Å²) in [5.41, 5.74) is 0.215. The van der Waals surface area contributed by atoms with Gasteiger partial charge < -0.3 is 15.4 Å². The Balaban J connectivity index is 1.72. The molecule has 31 heavy (non-hydrogen) atoms. The minimum absolute atomic E-state index is 0.0326. The first-order chi connectivity index (χ1) is 14.8. The fourth-order valence-electron chi connectivity index (χ4n) is 3.25. The second-order valence-corrected chi connectivity index (χ2v) is 9.07. The zero-order valence-electron chi connectivity index (χ0n) is 17.0. The van der Waals surface area contributed by atoms with E-state index < -0.39 is 28.3 Å². The first kappa shape index (κ1) is 22.7. The Bertz CT molecular complexity index is 1050. The summed E-state index contributed by atoms with van der Waals surface area (Å²) in [6.45, 7) is 0.383. The third-order valence-electron chi connectivity index (χ3n) is 4.77. The molecule has 0 radical (unpaired) electrons. The van der Waals surface area contributed by atoms with Crippen molar-refractivity contribution < 1.29 is 27.1 Å². The molecule has 1 heterocycles. The maximum Gasteiger partial charge on any atom is 0.253 e. The van der Waals surface area contributed by atoms with Crippen molar-refractivity contribution in [3.8, 4) is 0 Å². The predicted octanol–water partition coefficient (Wildman–Crippen LogP) is 2.14. The molecule has 2 aromatic carbocycles. The van der Waals surface area contributed by atoms with Gasteiger partial charge in [0.15, 0.2) is 0 Å². The van der Waals surface area contributed by atoms with E-state index in [0.29, 0.717) is 17.5 Å². The van der Waals surface area contributed by atoms with Crippen LogP contribution >= 0.6 is 0 Å². The van der Waals surface area contributed by atoms with Crippen LogP contribution in [0.5, 0.6) is 0 Å². The molecular weight excluding hydrogens is 425 g/mol. The standard InChI is InChI=1S/C21H24FN3O5S/c1-31(28,29)25(19-11-5-3-9-17(19)22)14-20(26)24-18-10-4-2-8-16(18)21(27)23-13-15-7-6-12-30-15/h2-5,8-11,15H,6-7,12-14H2,1H3,(H,23,27)(H,24,26)/t15-/m0/s1. The summed E-state index contributed by atoms with van der Waals surface area (Å²) < 4.78 is 44.6. The Kier molecular flexibility index (Phi) is 7.24. The smallest absolute Gasteiger partial charge is 0.253 e. The van der Waals surface area contributed by atoms with Crippen molar-refractivity contribution in [2.24, 2.45) is 0 Å². The van der Waals surface area contributed by atoms with Gasteiger partial charge in [0.25, 0.3) is 5.91 Å². The summed E-state index contributed by atoms with van der Waals surface area (Å²) in [6.07, 6.45) is 2.68. The van der Waals surface area contributed by atoms with Crippen molar-refractivity contribution in [3.05, 3.63) is 59.9 Å². The summed E-state index contributed by atoms with van der Waals surface area (Å²) in [5.74, 6) is -1.87. The lowest BCUT2D eigenvalue weighted by molar-refractivity contribution is -0.114. The number of anilines is 2. The van der Waals surface area contributed by atoms with Crippen molar-refractivity contribution >= 4 is 33.2 Å². The second kappa shape index (κ2) is 9.88. The van der Waals surface area contributed by atoms with E-state index in [2.05, 4.69) is 10.6 Å². The number of benzene rings is 2. The summed E-state index contributed by atoms with van der Waals surface area (Å²) in [5, 5.41) is 5.33. The molecule has 0 aromatic heterocycles. The fourth-order valence-corrected chi connectivity index (χ4v) is 4.11. The Morgan fingerprint density at radius 3 is 2.55 bits per heavy atom. The van der Waals surface area contributed by atoms with Gasteiger partial charge in [-0.3, -0.25) is 13.9 Å². The van der Waals surface area contributed by atoms with Crippen molar-refractivity contribution in [1.29, 1.82) is 0 Å². The van der Waals surface area contributed by atoms with E-state index in [-0.39, 0.29) is 28.9 Å². The van der Waals surface area contributed by atoms with E-state index in [4.69, 9.17) is 4.74 Å². The molecule has 0 unspecified atom stereocenters. The number of sulfonamides is 1. The zero-order valence-corrected chi connectivity index (χ0v) is 17.8. The van der Waals surface area contributed by atoms with E-state index in [0.717, 1.165) is 25.2 Å². The largest absolute Gasteiger partial charge is 0.376 e. The zero-order chi connectivity index (χ0) is 22.4. The van der Waals surface area contributed by atoms with Crippen LogP contribution < -0.4 is 14.9 Å². The van der Waals surface area contributed by atoms with Gasteiger partial charge in [-0.15, -0.1) is 0 Å². The van der Waals surface area contributed by atoms with Crippen molar-refractivity contribution in [2.45, 2.75) is 18.9 Å². The highest BCUT2D eigenvalue weighted by molar-refractivity contribution is 7.92. The third kappa shape index (κ3) is 6.02. The van der Waals surface area contributed by atoms with Gasteiger partial charge >= 0.3 is 0 Å². The Morgan fingerprint density at radius 2 is 1.87 bits per heavy atom. The van der Waals surface area contributed by atoms with Gasteiger partial charge in [-0.2, -0.15) is 0 Å². The molecule has 1 atom stereocenters. The van der Waals surface area contributed by atoms with E-state index in [1.807, 2.05) is 0 Å². The minimum atomic E-state index is -3.93. The molecule has 3 rings (SSSR count). The number of nitrogens with zero attached hydrogens (tertiary/aromatic N) is 1. The molecule has 1 saturated heterocycles. The number of amides is 2. The van der Waals surface area contributed by atoms with Gasteiger partial charge in [-0.25, -0.2) is 12.8 Å². The fraction of sp³-hybridized carbons (Fsp3) is 0.333. The van der Waals surface area contributed by atoms with E-state index in [9.17, 15) is 22.4 Å². The molecule has 8 nitrogen and oxygen atoms in total. The van der Waals surface area contributed by atoms with Gasteiger partial charge in [0.2, 0.25) is 15.9 Å². The molecule has 10 heteroatoms. The monoisotopic (exact) mass is 449 g/mol. The third-order valence-corrected chi connectivity index (χ3v) is 5.90. The number of carbonyl (C=O) groups excluding carboxylic acids is 2. The van der Waals surface area contributed by atoms with Crippen LogP contribution in [-0.4, -0.2) is 52.3 Å². The summed E-state index contributed by atoms with van der Waals surface area (Å²) in [7, 11) is -3.93. The number of ether oxygens (including phenoxy) is 1. The first-order valence-corrected chi connectivity index (χ1v) is 11.6. The van der Waals surface area contributed by atoms with Crippen LogP contribution in [0.2, 0.25) is 0 Å². The van der Waals surface area contributed by atoms with Crippen molar-refractivity contribution in [1.82, 2.24) is 5.32 Å². The van der Waals surface area contributed by atoms with Gasteiger partial charge in [0.05, 0.1) is 29.3 Å². The molecule has 166 valence electrons. The van der Waals surface area contributed by atoms with Crippen LogP contribution in [0, 0.1) is 5.82 Å². The van der Waals surface area contributed by atoms with E-state index in [1.54, 1.807) is 18.2 Å². The number of para-hydroxylation sites is 2. The maximum absolute atomic E-state index is 14.1. The highest BCUT2D eigenvalue weighted by Crippen LogP contribution is 2.22. The lowest BCUT2D eigenvalue weighted by atomic mass is 10.1. The predicted molar refractivity (Wildman–Crippen MR) is 115 cm³/mol. The molecule has 2 aromatic rings. The van der Waals surface area contributed by atoms with Crippen LogP contribution in [0.15, 0.2) is 48.5 Å². The van der Waals surface area contributed by atoms with Crippen LogP contribution in [0.4, 0.5) is 15.8 Å². The van der Waals surface area contributed by atoms with Crippen LogP contribution in [0.3, 0.4) is 0 Å². The van der Waals surface area contributed by atoms with Crippen LogP contribution in [0.25, 0.3) is 0 Å². The van der Waals surface area contributed by atoms with Gasteiger partial charge in [0.1, 0.15) is 12.4 Å². The average Bonchev–Trinajstić information content (AvgIpc) is 3.24. The molecule has 1 fully saturated rings. The second-order valence-electron chi connectivity index (χ2n) is 7.16. The van der Waals surface area contributed by atoms with Gasteiger partial charge in [0, 0.05) is 13.2 Å². The van der Waals surface area contributed by atoms with Gasteiger partial charge in [-0.1, -0.05) is 24.3 Å². The Labute approximate surface area is 180 Å². The molecule has 1 aliphatic rings. The summed E-state index contributed by atoms with van der Waals surface area (Å²) >= 11 is 0. The van der Waals surface area contributed by atoms with E-state index >= 15 is 0 Å². The van der Waals surface area contributed by atoms with E-state index in [1.165, 1.54) is 24.3 Å². The van der Waals surface area contributed by atoms with Gasteiger partial charge in [-0.05, 0) is 37.1 Å². The molecule has 0 spiro atoms. The highest BCUT2D eigenvalue weighted by Gasteiger charge is 2.24.